The van der Waals surface area contributed by atoms with Crippen molar-refractivity contribution in [1.29, 1.82) is 5.26 Å². The molecule has 1 aromatic heterocycles. The number of pyridine rings is 1. The van der Waals surface area contributed by atoms with Crippen molar-refractivity contribution < 1.29 is 9.59 Å². The topological polar surface area (TPSA) is 83.8 Å². The van der Waals surface area contributed by atoms with Gasteiger partial charge in [-0.2, -0.15) is 5.26 Å². The number of aromatic nitrogens is 1. The van der Waals surface area contributed by atoms with Crippen LogP contribution in [0.3, 0.4) is 0 Å². The quantitative estimate of drug-likeness (QED) is 0.724. The lowest BCUT2D eigenvalue weighted by Gasteiger charge is -2.36. The van der Waals surface area contributed by atoms with E-state index in [1.54, 1.807) is 39.9 Å². The number of anilines is 2. The summed E-state index contributed by atoms with van der Waals surface area (Å²) in [6.07, 6.45) is 4.53. The van der Waals surface area contributed by atoms with Gasteiger partial charge in [-0.1, -0.05) is 6.07 Å². The first-order chi connectivity index (χ1) is 16.0. The van der Waals surface area contributed by atoms with Gasteiger partial charge in [-0.05, 0) is 55.0 Å². The molecule has 0 N–H and O–H groups in total. The van der Waals surface area contributed by atoms with Crippen LogP contribution in [0.15, 0.2) is 30.5 Å². The van der Waals surface area contributed by atoms with E-state index in [9.17, 15) is 14.9 Å². The summed E-state index contributed by atoms with van der Waals surface area (Å²) in [7, 11) is 1.75. The molecule has 2 aromatic rings. The molecular formula is C25H28N6O2. The molecule has 33 heavy (non-hydrogen) atoms. The van der Waals surface area contributed by atoms with Crippen molar-refractivity contribution in [2.45, 2.75) is 25.7 Å². The molecule has 2 aliphatic heterocycles. The van der Waals surface area contributed by atoms with Gasteiger partial charge in [0.25, 0.3) is 5.91 Å². The largest absolute Gasteiger partial charge is 0.353 e. The number of amides is 3. The van der Waals surface area contributed by atoms with Crippen molar-refractivity contribution in [2.75, 3.05) is 56.1 Å². The maximum Gasteiger partial charge on any atom is 0.324 e. The molecule has 1 saturated carbocycles. The van der Waals surface area contributed by atoms with Crippen molar-refractivity contribution in [1.82, 2.24) is 14.8 Å². The Balaban J connectivity index is 1.27. The van der Waals surface area contributed by atoms with E-state index in [0.717, 1.165) is 5.82 Å². The third-order valence-electron chi connectivity index (χ3n) is 6.87. The fourth-order valence-electron chi connectivity index (χ4n) is 4.72. The molecule has 1 aromatic carbocycles. The van der Waals surface area contributed by atoms with Crippen LogP contribution in [0.25, 0.3) is 0 Å². The average Bonchev–Trinajstić information content (AvgIpc) is 3.64. The molecule has 170 valence electrons. The summed E-state index contributed by atoms with van der Waals surface area (Å²) in [4.78, 5) is 37.5. The molecular weight excluding hydrogens is 416 g/mol. The lowest BCUT2D eigenvalue weighted by atomic mass is 10.0. The van der Waals surface area contributed by atoms with Gasteiger partial charge in [-0.25, -0.2) is 9.78 Å². The van der Waals surface area contributed by atoms with Crippen molar-refractivity contribution >= 4 is 23.4 Å². The number of nitrogens with zero attached hydrogens (tertiary/aromatic N) is 6. The summed E-state index contributed by atoms with van der Waals surface area (Å²) in [5.74, 6) is 1.54. The third-order valence-corrected chi connectivity index (χ3v) is 6.87. The van der Waals surface area contributed by atoms with Crippen LogP contribution in [0.1, 0.15) is 45.8 Å². The Morgan fingerprint density at radius 2 is 1.85 bits per heavy atom. The Hall–Kier alpha value is -3.60. The maximum absolute atomic E-state index is 13.2. The van der Waals surface area contributed by atoms with Crippen molar-refractivity contribution in [2.24, 2.45) is 0 Å². The fourth-order valence-corrected chi connectivity index (χ4v) is 4.72. The summed E-state index contributed by atoms with van der Waals surface area (Å²) in [6, 6.07) is 9.39. The standard InChI is InChI=1S/C25H28N6O2/c1-17-13-20(18-3-4-18)16-27-23(17)29-8-10-30(11-9-29)24(32)22-6-5-21(14-19(22)15-26)31-12-7-28(2)25(31)33/h5-6,13-14,16,18H,3-4,7-12H2,1-2H3. The molecule has 8 nitrogen and oxygen atoms in total. The number of urea groups is 1. The van der Waals surface area contributed by atoms with Gasteiger partial charge in [0.1, 0.15) is 11.9 Å². The van der Waals surface area contributed by atoms with Gasteiger partial charge >= 0.3 is 6.03 Å². The first kappa shape index (κ1) is 21.3. The van der Waals surface area contributed by atoms with Gasteiger partial charge in [0.2, 0.25) is 0 Å². The maximum atomic E-state index is 13.2. The minimum absolute atomic E-state index is 0.0943. The molecule has 8 heteroatoms. The van der Waals surface area contributed by atoms with Crippen LogP contribution >= 0.6 is 0 Å². The van der Waals surface area contributed by atoms with E-state index in [1.165, 1.54) is 24.0 Å². The summed E-state index contributed by atoms with van der Waals surface area (Å²) >= 11 is 0. The number of carbonyl (C=O) groups excluding carboxylic acids is 2. The van der Waals surface area contributed by atoms with E-state index in [1.807, 2.05) is 6.20 Å². The zero-order valence-electron chi connectivity index (χ0n) is 19.1. The number of rotatable bonds is 4. The number of nitriles is 1. The predicted octanol–water partition coefficient (Wildman–Crippen LogP) is 2.97. The van der Waals surface area contributed by atoms with Gasteiger partial charge in [0.15, 0.2) is 0 Å². The Labute approximate surface area is 194 Å². The summed E-state index contributed by atoms with van der Waals surface area (Å²) in [5.41, 5.74) is 3.86. The van der Waals surface area contributed by atoms with Crippen LogP contribution < -0.4 is 9.80 Å². The van der Waals surface area contributed by atoms with E-state index in [0.29, 0.717) is 62.0 Å². The minimum atomic E-state index is -0.142. The minimum Gasteiger partial charge on any atom is -0.353 e. The second kappa shape index (κ2) is 8.39. The number of piperazine rings is 1. The first-order valence-electron chi connectivity index (χ1n) is 11.5. The zero-order chi connectivity index (χ0) is 23.1. The van der Waals surface area contributed by atoms with Gasteiger partial charge in [0.05, 0.1) is 11.1 Å². The van der Waals surface area contributed by atoms with Crippen LogP contribution in [-0.2, 0) is 0 Å². The summed E-state index contributed by atoms with van der Waals surface area (Å²) in [5, 5.41) is 9.69. The molecule has 2 saturated heterocycles. The molecule has 3 fully saturated rings. The molecule has 3 aliphatic rings. The molecule has 0 spiro atoms. The number of likely N-dealkylation sites (N-methyl/N-ethyl adjacent to an activating group) is 1. The summed E-state index contributed by atoms with van der Waals surface area (Å²) in [6.45, 7) is 5.88. The number of benzene rings is 1. The van der Waals surface area contributed by atoms with Crippen LogP contribution in [0.4, 0.5) is 16.3 Å². The lowest BCUT2D eigenvalue weighted by Crippen LogP contribution is -2.49. The van der Waals surface area contributed by atoms with Gasteiger partial charge < -0.3 is 14.7 Å². The van der Waals surface area contributed by atoms with Crippen LogP contribution in [-0.4, -0.2) is 73.0 Å². The predicted molar refractivity (Wildman–Crippen MR) is 126 cm³/mol. The Morgan fingerprint density at radius 1 is 1.09 bits per heavy atom. The molecule has 0 unspecified atom stereocenters. The number of hydrogen-bond acceptors (Lipinski definition) is 5. The van der Waals surface area contributed by atoms with Gasteiger partial charge in [0, 0.05) is 58.2 Å². The monoisotopic (exact) mass is 444 g/mol. The van der Waals surface area contributed by atoms with E-state index in [4.69, 9.17) is 4.98 Å². The highest BCUT2D eigenvalue weighted by Gasteiger charge is 2.30. The Morgan fingerprint density at radius 3 is 2.45 bits per heavy atom. The third kappa shape index (κ3) is 3.99. The van der Waals surface area contributed by atoms with E-state index in [2.05, 4.69) is 24.0 Å². The molecule has 0 atom stereocenters. The zero-order valence-corrected chi connectivity index (χ0v) is 19.1. The smallest absolute Gasteiger partial charge is 0.324 e. The normalized spacial score (nSPS) is 18.6. The molecule has 1 aliphatic carbocycles. The van der Waals surface area contributed by atoms with Crippen molar-refractivity contribution in [3.63, 3.8) is 0 Å². The Kier molecular flexibility index (Phi) is 5.41. The molecule has 0 radical (unpaired) electrons. The highest BCUT2D eigenvalue weighted by molar-refractivity contribution is 5.99. The fraction of sp³-hybridized carbons (Fsp3) is 0.440. The molecule has 5 rings (SSSR count). The number of carbonyl (C=O) groups is 2. The van der Waals surface area contributed by atoms with Crippen molar-refractivity contribution in [3.8, 4) is 6.07 Å². The highest BCUT2D eigenvalue weighted by Crippen LogP contribution is 2.40. The summed E-state index contributed by atoms with van der Waals surface area (Å²) < 4.78 is 0. The van der Waals surface area contributed by atoms with E-state index < -0.39 is 0 Å². The second-order valence-electron chi connectivity index (χ2n) is 9.16. The van der Waals surface area contributed by atoms with Gasteiger partial charge in [-0.15, -0.1) is 0 Å². The average molecular weight is 445 g/mol. The SMILES string of the molecule is Cc1cc(C2CC2)cnc1N1CCN(C(=O)c2ccc(N3CCN(C)C3=O)cc2C#N)CC1. The van der Waals surface area contributed by atoms with Crippen LogP contribution in [0.2, 0.25) is 0 Å². The lowest BCUT2D eigenvalue weighted by molar-refractivity contribution is 0.0746. The molecule has 3 heterocycles. The van der Waals surface area contributed by atoms with Crippen LogP contribution in [0.5, 0.6) is 0 Å². The second-order valence-corrected chi connectivity index (χ2v) is 9.16. The highest BCUT2D eigenvalue weighted by atomic mass is 16.2. The van der Waals surface area contributed by atoms with E-state index in [-0.39, 0.29) is 11.9 Å². The Bertz CT molecular complexity index is 1140. The van der Waals surface area contributed by atoms with Crippen LogP contribution in [0, 0.1) is 18.3 Å². The van der Waals surface area contributed by atoms with Crippen molar-refractivity contribution in [3.05, 3.63) is 52.7 Å². The van der Waals surface area contributed by atoms with Gasteiger partial charge in [-0.3, -0.25) is 9.69 Å². The first-order valence-corrected chi connectivity index (χ1v) is 11.5. The van der Waals surface area contributed by atoms with E-state index >= 15 is 0 Å². The number of hydrogen-bond donors (Lipinski definition) is 0. The number of aryl methyl sites for hydroxylation is 1. The molecule has 0 bridgehead atoms. The molecule has 3 amide bonds.